The summed E-state index contributed by atoms with van der Waals surface area (Å²) in [6.45, 7) is 0.381. The highest BCUT2D eigenvalue weighted by molar-refractivity contribution is 7.89. The molecule has 3 N–H and O–H groups in total. The zero-order chi connectivity index (χ0) is 11.8. The van der Waals surface area contributed by atoms with Crippen LogP contribution in [0.1, 0.15) is 12.8 Å². The highest BCUT2D eigenvalue weighted by Gasteiger charge is 2.25. The molecule has 0 spiro atoms. The smallest absolute Gasteiger partial charge is 0.243 e. The van der Waals surface area contributed by atoms with E-state index < -0.39 is 15.8 Å². The number of rotatable bonds is 4. The second-order valence-corrected chi connectivity index (χ2v) is 5.72. The molecule has 0 amide bonds. The van der Waals surface area contributed by atoms with E-state index >= 15 is 0 Å². The van der Waals surface area contributed by atoms with Crippen molar-refractivity contribution in [3.63, 3.8) is 0 Å². The minimum Gasteiger partial charge on any atom is -0.399 e. The molecule has 0 saturated heterocycles. The van der Waals surface area contributed by atoms with Crippen LogP contribution in [0.4, 0.5) is 10.1 Å². The molecule has 6 heteroatoms. The Balaban J connectivity index is 2.20. The zero-order valence-corrected chi connectivity index (χ0v) is 9.43. The Morgan fingerprint density at radius 1 is 1.44 bits per heavy atom. The number of hydrogen-bond donors (Lipinski definition) is 2. The summed E-state index contributed by atoms with van der Waals surface area (Å²) in [5, 5.41) is 0. The first-order valence-electron chi connectivity index (χ1n) is 5.04. The largest absolute Gasteiger partial charge is 0.399 e. The number of nitrogens with two attached hydrogens (primary N) is 1. The van der Waals surface area contributed by atoms with Gasteiger partial charge in [0.1, 0.15) is 10.7 Å². The van der Waals surface area contributed by atoms with Crippen LogP contribution >= 0.6 is 0 Å². The maximum Gasteiger partial charge on any atom is 0.243 e. The van der Waals surface area contributed by atoms with Crippen molar-refractivity contribution in [3.8, 4) is 0 Å². The highest BCUT2D eigenvalue weighted by atomic mass is 32.2. The molecule has 1 aromatic carbocycles. The van der Waals surface area contributed by atoms with Crippen LogP contribution in [0.25, 0.3) is 0 Å². The van der Waals surface area contributed by atoms with Gasteiger partial charge in [-0.25, -0.2) is 17.5 Å². The number of sulfonamides is 1. The van der Waals surface area contributed by atoms with E-state index in [0.29, 0.717) is 12.5 Å². The van der Waals surface area contributed by atoms with E-state index in [1.54, 1.807) is 0 Å². The predicted octanol–water partition coefficient (Wildman–Crippen LogP) is 1.10. The molecule has 0 aliphatic heterocycles. The molecule has 1 aliphatic rings. The summed E-state index contributed by atoms with van der Waals surface area (Å²) in [6.07, 6.45) is 2.07. The molecule has 0 heterocycles. The van der Waals surface area contributed by atoms with Gasteiger partial charge in [-0.3, -0.25) is 0 Å². The molecule has 0 radical (unpaired) electrons. The number of anilines is 1. The lowest BCUT2D eigenvalue weighted by Crippen LogP contribution is -2.26. The molecule has 88 valence electrons. The minimum atomic E-state index is -3.74. The Hall–Kier alpha value is -1.14. The van der Waals surface area contributed by atoms with Gasteiger partial charge in [-0.05, 0) is 37.0 Å². The molecular formula is C10H13FN2O2S. The fraction of sp³-hybridized carbons (Fsp3) is 0.400. The van der Waals surface area contributed by atoms with E-state index in [0.717, 1.165) is 18.9 Å². The topological polar surface area (TPSA) is 72.2 Å². The van der Waals surface area contributed by atoms with E-state index in [9.17, 15) is 12.8 Å². The van der Waals surface area contributed by atoms with Crippen LogP contribution in [0.5, 0.6) is 0 Å². The average molecular weight is 244 g/mol. The molecule has 1 aliphatic carbocycles. The van der Waals surface area contributed by atoms with Gasteiger partial charge in [0, 0.05) is 12.2 Å². The van der Waals surface area contributed by atoms with Crippen molar-refractivity contribution in [1.82, 2.24) is 4.72 Å². The van der Waals surface area contributed by atoms with Crippen LogP contribution < -0.4 is 10.5 Å². The molecule has 0 atom stereocenters. The van der Waals surface area contributed by atoms with Crippen molar-refractivity contribution in [2.75, 3.05) is 12.3 Å². The van der Waals surface area contributed by atoms with E-state index in [-0.39, 0.29) is 10.6 Å². The number of benzene rings is 1. The number of hydrogen-bond acceptors (Lipinski definition) is 3. The van der Waals surface area contributed by atoms with Crippen molar-refractivity contribution in [2.24, 2.45) is 5.92 Å². The molecule has 1 aromatic rings. The van der Waals surface area contributed by atoms with Gasteiger partial charge >= 0.3 is 0 Å². The maximum absolute atomic E-state index is 13.4. The summed E-state index contributed by atoms with van der Waals surface area (Å²) in [6, 6.07) is 3.56. The van der Waals surface area contributed by atoms with Gasteiger partial charge in [0.15, 0.2) is 0 Å². The first-order valence-corrected chi connectivity index (χ1v) is 6.52. The quantitative estimate of drug-likeness (QED) is 0.779. The van der Waals surface area contributed by atoms with Gasteiger partial charge in [-0.15, -0.1) is 0 Å². The first-order chi connectivity index (χ1) is 7.49. The molecule has 0 aromatic heterocycles. The number of nitrogen functional groups attached to an aromatic ring is 1. The third kappa shape index (κ3) is 2.51. The normalized spacial score (nSPS) is 16.3. The molecule has 2 rings (SSSR count). The van der Waals surface area contributed by atoms with Gasteiger partial charge < -0.3 is 5.73 Å². The van der Waals surface area contributed by atoms with E-state index in [4.69, 9.17) is 5.73 Å². The lowest BCUT2D eigenvalue weighted by molar-refractivity contribution is 0.555. The molecule has 16 heavy (non-hydrogen) atoms. The van der Waals surface area contributed by atoms with Crippen molar-refractivity contribution >= 4 is 15.7 Å². The lowest BCUT2D eigenvalue weighted by Gasteiger charge is -2.07. The monoisotopic (exact) mass is 244 g/mol. The molecule has 0 bridgehead atoms. The second-order valence-electron chi connectivity index (χ2n) is 3.99. The van der Waals surface area contributed by atoms with Crippen LogP contribution in [-0.2, 0) is 10.0 Å². The van der Waals surface area contributed by atoms with Gasteiger partial charge in [0.2, 0.25) is 10.0 Å². The SMILES string of the molecule is Nc1ccc(S(=O)(=O)NCC2CC2)c(F)c1. The average Bonchev–Trinajstić information content (AvgIpc) is 2.97. The van der Waals surface area contributed by atoms with E-state index in [1.165, 1.54) is 12.1 Å². The summed E-state index contributed by atoms with van der Waals surface area (Å²) >= 11 is 0. The lowest BCUT2D eigenvalue weighted by atomic mass is 10.3. The Morgan fingerprint density at radius 2 is 2.12 bits per heavy atom. The second kappa shape index (κ2) is 4.03. The van der Waals surface area contributed by atoms with Crippen LogP contribution in [0.3, 0.4) is 0 Å². The van der Waals surface area contributed by atoms with Gasteiger partial charge in [0.05, 0.1) is 0 Å². The molecule has 0 unspecified atom stereocenters. The zero-order valence-electron chi connectivity index (χ0n) is 8.61. The van der Waals surface area contributed by atoms with Crippen molar-refractivity contribution in [2.45, 2.75) is 17.7 Å². The molecular weight excluding hydrogens is 231 g/mol. The molecule has 4 nitrogen and oxygen atoms in total. The summed E-state index contributed by atoms with van der Waals surface area (Å²) in [4.78, 5) is -0.345. The maximum atomic E-state index is 13.4. The minimum absolute atomic E-state index is 0.207. The number of nitrogens with one attached hydrogen (secondary N) is 1. The summed E-state index contributed by atoms with van der Waals surface area (Å²) in [5.74, 6) is -0.407. The van der Waals surface area contributed by atoms with E-state index in [2.05, 4.69) is 4.72 Å². The standard InChI is InChI=1S/C10H13FN2O2S/c11-9-5-8(12)3-4-10(9)16(14,15)13-6-7-1-2-7/h3-5,7,13H,1-2,6,12H2. The third-order valence-electron chi connectivity index (χ3n) is 2.50. The Labute approximate surface area is 93.7 Å². The van der Waals surface area contributed by atoms with Crippen molar-refractivity contribution < 1.29 is 12.8 Å². The Morgan fingerprint density at radius 3 is 2.69 bits per heavy atom. The van der Waals surface area contributed by atoms with Crippen molar-refractivity contribution in [1.29, 1.82) is 0 Å². The van der Waals surface area contributed by atoms with Gasteiger partial charge in [-0.2, -0.15) is 0 Å². The predicted molar refractivity (Wildman–Crippen MR) is 58.7 cm³/mol. The van der Waals surface area contributed by atoms with Crippen LogP contribution in [0, 0.1) is 11.7 Å². The van der Waals surface area contributed by atoms with Crippen LogP contribution in [0.15, 0.2) is 23.1 Å². The molecule has 1 saturated carbocycles. The fourth-order valence-corrected chi connectivity index (χ4v) is 2.54. The van der Waals surface area contributed by atoms with Gasteiger partial charge in [-0.1, -0.05) is 0 Å². The fourth-order valence-electron chi connectivity index (χ4n) is 1.36. The number of halogens is 1. The van der Waals surface area contributed by atoms with Gasteiger partial charge in [0.25, 0.3) is 0 Å². The first kappa shape index (κ1) is 11.3. The molecule has 1 fully saturated rings. The summed E-state index contributed by atoms with van der Waals surface area (Å²) in [5.41, 5.74) is 5.55. The summed E-state index contributed by atoms with van der Waals surface area (Å²) in [7, 11) is -3.74. The third-order valence-corrected chi connectivity index (χ3v) is 3.96. The Bertz CT molecular complexity index is 498. The Kier molecular flexibility index (Phi) is 2.86. The highest BCUT2D eigenvalue weighted by Crippen LogP contribution is 2.28. The van der Waals surface area contributed by atoms with E-state index in [1.807, 2.05) is 0 Å². The summed E-state index contributed by atoms with van der Waals surface area (Å²) < 4.78 is 39.2. The van der Waals surface area contributed by atoms with Crippen LogP contribution in [0.2, 0.25) is 0 Å². The van der Waals surface area contributed by atoms with Crippen molar-refractivity contribution in [3.05, 3.63) is 24.0 Å². The van der Waals surface area contributed by atoms with Crippen LogP contribution in [-0.4, -0.2) is 15.0 Å².